The molecule has 27 heavy (non-hydrogen) atoms. The van der Waals surface area contributed by atoms with E-state index in [4.69, 9.17) is 11.6 Å². The summed E-state index contributed by atoms with van der Waals surface area (Å²) in [4.78, 5) is 8.42. The van der Waals surface area contributed by atoms with Crippen LogP contribution in [0.25, 0.3) is 22.8 Å². The van der Waals surface area contributed by atoms with Gasteiger partial charge in [0.25, 0.3) is 0 Å². The van der Waals surface area contributed by atoms with Crippen LogP contribution in [0.5, 0.6) is 0 Å². The predicted octanol–water partition coefficient (Wildman–Crippen LogP) is 5.93. The molecule has 0 atom stereocenters. The van der Waals surface area contributed by atoms with Crippen LogP contribution in [0.1, 0.15) is 23.9 Å². The molecule has 0 aliphatic heterocycles. The van der Waals surface area contributed by atoms with Crippen molar-refractivity contribution in [2.75, 3.05) is 11.5 Å². The normalized spacial score (nSPS) is 12.7. The van der Waals surface area contributed by atoms with E-state index < -0.39 is 11.7 Å². The minimum Gasteiger partial charge on any atom is -0.312 e. The maximum absolute atomic E-state index is 13.0. The third-order valence-electron chi connectivity index (χ3n) is 4.00. The Balaban J connectivity index is 2.09. The first kappa shape index (κ1) is 19.8. The number of rotatable bonds is 5. The molecule has 0 saturated carbocycles. The van der Waals surface area contributed by atoms with Gasteiger partial charge in [-0.25, -0.2) is 9.97 Å². The minimum atomic E-state index is -4.45. The molecule has 8 heteroatoms. The summed E-state index contributed by atoms with van der Waals surface area (Å²) in [7, 11) is 1.76. The SMILES string of the molecule is CCSC/C(=C\c1ccc(Cl)cc1)c1nc2cc(C(F)(F)F)cnc2n1C. The Morgan fingerprint density at radius 2 is 1.96 bits per heavy atom. The number of imidazole rings is 1. The molecule has 3 nitrogen and oxygen atoms in total. The molecule has 0 saturated heterocycles. The van der Waals surface area contributed by atoms with Crippen LogP contribution in [0.3, 0.4) is 0 Å². The first-order chi connectivity index (χ1) is 12.8. The van der Waals surface area contributed by atoms with Gasteiger partial charge in [-0.1, -0.05) is 30.7 Å². The lowest BCUT2D eigenvalue weighted by molar-refractivity contribution is -0.137. The maximum atomic E-state index is 13.0. The number of pyridine rings is 1. The summed E-state index contributed by atoms with van der Waals surface area (Å²) in [5.74, 6) is 2.20. The van der Waals surface area contributed by atoms with Gasteiger partial charge in [-0.15, -0.1) is 0 Å². The monoisotopic (exact) mass is 411 g/mol. The molecule has 3 rings (SSSR count). The molecule has 0 bridgehead atoms. The number of benzene rings is 1. The van der Waals surface area contributed by atoms with Crippen molar-refractivity contribution in [1.29, 1.82) is 0 Å². The van der Waals surface area contributed by atoms with Crippen molar-refractivity contribution in [2.24, 2.45) is 7.05 Å². The highest BCUT2D eigenvalue weighted by Gasteiger charge is 2.31. The maximum Gasteiger partial charge on any atom is 0.417 e. The standard InChI is InChI=1S/C19H17ClF3N3S/c1-3-27-11-13(8-12-4-6-15(20)7-5-12)17-25-16-9-14(19(21,22)23)10-24-18(16)26(17)2/h4-10H,3,11H2,1-2H3/b13-8+. The van der Waals surface area contributed by atoms with Gasteiger partial charge in [0.15, 0.2) is 5.65 Å². The molecule has 0 aliphatic rings. The second-order valence-electron chi connectivity index (χ2n) is 5.92. The Morgan fingerprint density at radius 3 is 2.59 bits per heavy atom. The number of halogens is 4. The number of aromatic nitrogens is 3. The number of alkyl halides is 3. The summed E-state index contributed by atoms with van der Waals surface area (Å²) < 4.78 is 40.6. The fourth-order valence-electron chi connectivity index (χ4n) is 2.66. The summed E-state index contributed by atoms with van der Waals surface area (Å²) in [6.45, 7) is 2.05. The van der Waals surface area contributed by atoms with Gasteiger partial charge < -0.3 is 4.57 Å². The van der Waals surface area contributed by atoms with Gasteiger partial charge in [-0.3, -0.25) is 0 Å². The Morgan fingerprint density at radius 1 is 1.26 bits per heavy atom. The second-order valence-corrected chi connectivity index (χ2v) is 7.63. The van der Waals surface area contributed by atoms with Crippen molar-refractivity contribution in [2.45, 2.75) is 13.1 Å². The van der Waals surface area contributed by atoms with Crippen LogP contribution < -0.4 is 0 Å². The van der Waals surface area contributed by atoms with Gasteiger partial charge in [0, 0.05) is 29.6 Å². The Kier molecular flexibility index (Phi) is 5.81. The van der Waals surface area contributed by atoms with E-state index in [1.165, 1.54) is 0 Å². The molecular formula is C19H17ClF3N3S. The van der Waals surface area contributed by atoms with E-state index in [0.29, 0.717) is 22.2 Å². The molecule has 0 amide bonds. The van der Waals surface area contributed by atoms with Crippen molar-refractivity contribution in [3.8, 4) is 0 Å². The Labute approximate surface area is 164 Å². The number of hydrogen-bond acceptors (Lipinski definition) is 3. The van der Waals surface area contributed by atoms with Gasteiger partial charge in [0.1, 0.15) is 11.3 Å². The van der Waals surface area contributed by atoms with Gasteiger partial charge in [0.05, 0.1) is 5.56 Å². The van der Waals surface area contributed by atoms with Crippen molar-refractivity contribution < 1.29 is 13.2 Å². The van der Waals surface area contributed by atoms with Gasteiger partial charge in [-0.2, -0.15) is 24.9 Å². The molecule has 142 valence electrons. The van der Waals surface area contributed by atoms with Crippen LogP contribution in [0, 0.1) is 0 Å². The highest BCUT2D eigenvalue weighted by molar-refractivity contribution is 7.99. The zero-order chi connectivity index (χ0) is 19.6. The van der Waals surface area contributed by atoms with E-state index in [0.717, 1.165) is 29.2 Å². The van der Waals surface area contributed by atoms with Crippen LogP contribution in [0.15, 0.2) is 36.5 Å². The summed E-state index contributed by atoms with van der Waals surface area (Å²) in [6.07, 6.45) is -1.62. The third kappa shape index (κ3) is 4.47. The summed E-state index contributed by atoms with van der Waals surface area (Å²) in [6, 6.07) is 8.41. The first-order valence-corrected chi connectivity index (χ1v) is 9.76. The quantitative estimate of drug-likeness (QED) is 0.521. The highest BCUT2D eigenvalue weighted by atomic mass is 35.5. The number of hydrogen-bond donors (Lipinski definition) is 0. The summed E-state index contributed by atoms with van der Waals surface area (Å²) in [5, 5.41) is 0.642. The zero-order valence-corrected chi connectivity index (χ0v) is 16.3. The lowest BCUT2D eigenvalue weighted by atomic mass is 10.1. The van der Waals surface area contributed by atoms with E-state index in [1.807, 2.05) is 18.2 Å². The lowest BCUT2D eigenvalue weighted by Crippen LogP contribution is -2.05. The Hall–Kier alpha value is -1.99. The topological polar surface area (TPSA) is 30.7 Å². The third-order valence-corrected chi connectivity index (χ3v) is 5.17. The predicted molar refractivity (Wildman–Crippen MR) is 106 cm³/mol. The van der Waals surface area contributed by atoms with Crippen LogP contribution in [-0.2, 0) is 13.2 Å². The molecule has 2 aromatic heterocycles. The number of fused-ring (bicyclic) bond motifs is 1. The molecule has 0 spiro atoms. The lowest BCUT2D eigenvalue weighted by Gasteiger charge is -2.08. The smallest absolute Gasteiger partial charge is 0.312 e. The number of aryl methyl sites for hydroxylation is 1. The molecular weight excluding hydrogens is 395 g/mol. The van der Waals surface area contributed by atoms with Gasteiger partial charge >= 0.3 is 6.18 Å². The number of thioether (sulfide) groups is 1. The summed E-state index contributed by atoms with van der Waals surface area (Å²) >= 11 is 7.65. The van der Waals surface area contributed by atoms with Crippen molar-refractivity contribution in [3.05, 3.63) is 58.5 Å². The van der Waals surface area contributed by atoms with Gasteiger partial charge in [-0.05, 0) is 35.6 Å². The van der Waals surface area contributed by atoms with Gasteiger partial charge in [0.2, 0.25) is 0 Å². The zero-order valence-electron chi connectivity index (χ0n) is 14.7. The second kappa shape index (κ2) is 7.94. The molecule has 0 fully saturated rings. The Bertz CT molecular complexity index is 978. The van der Waals surface area contributed by atoms with Crippen LogP contribution in [0.4, 0.5) is 13.2 Å². The largest absolute Gasteiger partial charge is 0.417 e. The molecule has 0 unspecified atom stereocenters. The number of nitrogens with zero attached hydrogens (tertiary/aromatic N) is 3. The van der Waals surface area contributed by atoms with Crippen molar-refractivity contribution >= 4 is 46.2 Å². The average Bonchev–Trinajstić information content (AvgIpc) is 2.96. The molecule has 0 aliphatic carbocycles. The van der Waals surface area contributed by atoms with E-state index in [9.17, 15) is 13.2 Å². The summed E-state index contributed by atoms with van der Waals surface area (Å²) in [5.41, 5.74) is 1.71. The fourth-order valence-corrected chi connectivity index (χ4v) is 3.42. The molecule has 3 aromatic rings. The van der Waals surface area contributed by atoms with Crippen molar-refractivity contribution in [1.82, 2.24) is 14.5 Å². The van der Waals surface area contributed by atoms with E-state index in [2.05, 4.69) is 16.9 Å². The van der Waals surface area contributed by atoms with E-state index in [1.54, 1.807) is 35.5 Å². The van der Waals surface area contributed by atoms with Crippen LogP contribution in [0.2, 0.25) is 5.02 Å². The van der Waals surface area contributed by atoms with Crippen LogP contribution >= 0.6 is 23.4 Å². The molecule has 2 heterocycles. The first-order valence-electron chi connectivity index (χ1n) is 8.23. The van der Waals surface area contributed by atoms with E-state index in [-0.39, 0.29) is 5.52 Å². The molecule has 0 N–H and O–H groups in total. The minimum absolute atomic E-state index is 0.228. The average molecular weight is 412 g/mol. The molecule has 1 aromatic carbocycles. The van der Waals surface area contributed by atoms with Crippen LogP contribution in [-0.4, -0.2) is 26.0 Å². The highest BCUT2D eigenvalue weighted by Crippen LogP contribution is 2.31. The van der Waals surface area contributed by atoms with E-state index >= 15 is 0 Å². The van der Waals surface area contributed by atoms with Crippen molar-refractivity contribution in [3.63, 3.8) is 0 Å². The molecule has 0 radical (unpaired) electrons. The fraction of sp³-hybridized carbons (Fsp3) is 0.263.